The number of aromatic nitrogens is 4. The molecule has 1 unspecified atom stereocenters. The lowest BCUT2D eigenvalue weighted by Gasteiger charge is -2.18. The molecule has 0 aliphatic heterocycles. The second-order valence-electron chi connectivity index (χ2n) is 7.32. The van der Waals surface area contributed by atoms with Crippen LogP contribution in [0.4, 0.5) is 4.39 Å². The van der Waals surface area contributed by atoms with Crippen molar-refractivity contribution in [3.63, 3.8) is 0 Å². The molecule has 7 nitrogen and oxygen atoms in total. The van der Waals surface area contributed by atoms with Gasteiger partial charge in [0.2, 0.25) is 0 Å². The molecule has 2 aromatic carbocycles. The van der Waals surface area contributed by atoms with Gasteiger partial charge in [-0.2, -0.15) is 0 Å². The van der Waals surface area contributed by atoms with Crippen LogP contribution in [0.2, 0.25) is 0 Å². The average Bonchev–Trinajstić information content (AvgIpc) is 3.32. The molecular weight excluding hydrogens is 409 g/mol. The third kappa shape index (κ3) is 4.92. The number of nitrogens with zero attached hydrogens (tertiary/aromatic N) is 4. The molecule has 4 aromatic rings. The molecule has 1 atom stereocenters. The standard InChI is InChI=1S/C24H20FN5O2/c1-16-5-7-17(8-6-16)22(31)21(14-30-10-9-26-15-30)29-24(32)19-12-27-23(28-13-19)18-3-2-4-20(25)11-18/h2-13,15,21H,14H2,1H3,(H,29,32). The molecule has 0 saturated heterocycles. The Bertz CT molecular complexity index is 1220. The largest absolute Gasteiger partial charge is 0.340 e. The van der Waals surface area contributed by atoms with Gasteiger partial charge in [-0.25, -0.2) is 19.3 Å². The zero-order valence-corrected chi connectivity index (χ0v) is 17.3. The molecule has 32 heavy (non-hydrogen) atoms. The second-order valence-corrected chi connectivity index (χ2v) is 7.32. The number of halogens is 1. The monoisotopic (exact) mass is 429 g/mol. The molecule has 2 aromatic heterocycles. The highest BCUT2D eigenvalue weighted by atomic mass is 19.1. The predicted molar refractivity (Wildman–Crippen MR) is 116 cm³/mol. The Morgan fingerprint density at radius 3 is 2.47 bits per heavy atom. The fraction of sp³-hybridized carbons (Fsp3) is 0.125. The van der Waals surface area contributed by atoms with E-state index < -0.39 is 17.8 Å². The van der Waals surface area contributed by atoms with Gasteiger partial charge in [-0.05, 0) is 19.1 Å². The number of rotatable bonds is 7. The normalized spacial score (nSPS) is 11.7. The first-order valence-corrected chi connectivity index (χ1v) is 9.95. The first-order chi connectivity index (χ1) is 15.5. The van der Waals surface area contributed by atoms with Gasteiger partial charge in [-0.3, -0.25) is 9.59 Å². The Balaban J connectivity index is 1.54. The minimum atomic E-state index is -0.817. The van der Waals surface area contributed by atoms with Gasteiger partial charge in [0.25, 0.3) is 5.91 Å². The lowest BCUT2D eigenvalue weighted by Crippen LogP contribution is -2.43. The number of imidazole rings is 1. The Morgan fingerprint density at radius 2 is 1.81 bits per heavy atom. The minimum absolute atomic E-state index is 0.192. The van der Waals surface area contributed by atoms with E-state index in [9.17, 15) is 14.0 Å². The van der Waals surface area contributed by atoms with Crippen LogP contribution in [0.3, 0.4) is 0 Å². The number of Topliss-reactive ketones (excluding diaryl/α,β-unsaturated/α-hetero) is 1. The maximum Gasteiger partial charge on any atom is 0.255 e. The van der Waals surface area contributed by atoms with Crippen molar-refractivity contribution in [2.45, 2.75) is 19.5 Å². The average molecular weight is 429 g/mol. The van der Waals surface area contributed by atoms with E-state index in [0.29, 0.717) is 17.0 Å². The van der Waals surface area contributed by atoms with Crippen molar-refractivity contribution in [3.8, 4) is 11.4 Å². The topological polar surface area (TPSA) is 89.8 Å². The fourth-order valence-electron chi connectivity index (χ4n) is 3.18. The van der Waals surface area contributed by atoms with Crippen molar-refractivity contribution < 1.29 is 14.0 Å². The summed E-state index contributed by atoms with van der Waals surface area (Å²) < 4.78 is 15.2. The van der Waals surface area contributed by atoms with Crippen LogP contribution in [0.1, 0.15) is 26.3 Å². The zero-order chi connectivity index (χ0) is 22.5. The fourth-order valence-corrected chi connectivity index (χ4v) is 3.18. The summed E-state index contributed by atoms with van der Waals surface area (Å²) in [5.74, 6) is -0.803. The van der Waals surface area contributed by atoms with Gasteiger partial charge >= 0.3 is 0 Å². The number of benzene rings is 2. The molecule has 0 saturated carbocycles. The van der Waals surface area contributed by atoms with E-state index in [0.717, 1.165) is 5.56 Å². The quantitative estimate of drug-likeness (QED) is 0.455. The van der Waals surface area contributed by atoms with Crippen molar-refractivity contribution in [1.29, 1.82) is 0 Å². The van der Waals surface area contributed by atoms with E-state index in [1.807, 2.05) is 19.1 Å². The third-order valence-electron chi connectivity index (χ3n) is 4.91. The number of carbonyl (C=O) groups excluding carboxylic acids is 2. The highest BCUT2D eigenvalue weighted by Gasteiger charge is 2.23. The summed E-state index contributed by atoms with van der Waals surface area (Å²) in [6.45, 7) is 2.16. The van der Waals surface area contributed by atoms with Gasteiger partial charge in [-0.1, -0.05) is 42.0 Å². The van der Waals surface area contributed by atoms with Gasteiger partial charge in [0.1, 0.15) is 11.9 Å². The van der Waals surface area contributed by atoms with E-state index in [2.05, 4.69) is 20.3 Å². The number of hydrogen-bond acceptors (Lipinski definition) is 5. The van der Waals surface area contributed by atoms with Crippen molar-refractivity contribution >= 4 is 11.7 Å². The SMILES string of the molecule is Cc1ccc(C(=O)C(Cn2ccnc2)NC(=O)c2cnc(-c3cccc(F)c3)nc2)cc1. The Kier molecular flexibility index (Phi) is 6.12. The van der Waals surface area contributed by atoms with Gasteiger partial charge in [0.15, 0.2) is 11.6 Å². The van der Waals surface area contributed by atoms with Crippen molar-refractivity contribution in [2.24, 2.45) is 0 Å². The van der Waals surface area contributed by atoms with Gasteiger partial charge in [-0.15, -0.1) is 0 Å². The molecule has 0 fully saturated rings. The molecule has 0 aliphatic carbocycles. The number of aryl methyl sites for hydroxylation is 1. The molecule has 1 amide bonds. The number of ketones is 1. The first-order valence-electron chi connectivity index (χ1n) is 9.95. The van der Waals surface area contributed by atoms with E-state index >= 15 is 0 Å². The number of nitrogens with one attached hydrogen (secondary N) is 1. The van der Waals surface area contributed by atoms with E-state index in [1.165, 1.54) is 24.5 Å². The van der Waals surface area contributed by atoms with Gasteiger partial charge in [0, 0.05) is 35.9 Å². The summed E-state index contributed by atoms with van der Waals surface area (Å²) in [6, 6.07) is 12.2. The molecule has 0 radical (unpaired) electrons. The molecular formula is C24H20FN5O2. The van der Waals surface area contributed by atoms with Crippen molar-refractivity contribution in [3.05, 3.63) is 102 Å². The molecule has 2 heterocycles. The van der Waals surface area contributed by atoms with Crippen LogP contribution in [0.15, 0.2) is 79.6 Å². The van der Waals surface area contributed by atoms with Gasteiger partial charge in [0.05, 0.1) is 18.4 Å². The first kappa shape index (κ1) is 21.0. The lowest BCUT2D eigenvalue weighted by atomic mass is 10.0. The lowest BCUT2D eigenvalue weighted by molar-refractivity contribution is 0.0847. The molecule has 0 bridgehead atoms. The smallest absolute Gasteiger partial charge is 0.255 e. The highest BCUT2D eigenvalue weighted by Crippen LogP contribution is 2.16. The van der Waals surface area contributed by atoms with Crippen LogP contribution in [0, 0.1) is 12.7 Å². The third-order valence-corrected chi connectivity index (χ3v) is 4.91. The molecule has 160 valence electrons. The van der Waals surface area contributed by atoms with Crippen molar-refractivity contribution in [2.75, 3.05) is 0 Å². The van der Waals surface area contributed by atoms with Crippen molar-refractivity contribution in [1.82, 2.24) is 24.8 Å². The van der Waals surface area contributed by atoms with Crippen LogP contribution in [-0.4, -0.2) is 37.3 Å². The van der Waals surface area contributed by atoms with E-state index in [4.69, 9.17) is 0 Å². The van der Waals surface area contributed by atoms with Crippen LogP contribution >= 0.6 is 0 Å². The molecule has 8 heteroatoms. The summed E-state index contributed by atoms with van der Waals surface area (Å²) in [5.41, 5.74) is 2.23. The van der Waals surface area contributed by atoms with Crippen LogP contribution < -0.4 is 5.32 Å². The summed E-state index contributed by atoms with van der Waals surface area (Å²) in [5, 5.41) is 2.78. The Hall–Kier alpha value is -4.20. The predicted octanol–water partition coefficient (Wildman–Crippen LogP) is 3.47. The van der Waals surface area contributed by atoms with Gasteiger partial charge < -0.3 is 9.88 Å². The number of amides is 1. The Labute approximate surface area is 184 Å². The van der Waals surface area contributed by atoms with E-state index in [-0.39, 0.29) is 17.9 Å². The summed E-state index contributed by atoms with van der Waals surface area (Å²) >= 11 is 0. The van der Waals surface area contributed by atoms with Crippen LogP contribution in [0.5, 0.6) is 0 Å². The minimum Gasteiger partial charge on any atom is -0.340 e. The zero-order valence-electron chi connectivity index (χ0n) is 17.3. The van der Waals surface area contributed by atoms with E-state index in [1.54, 1.807) is 47.6 Å². The maximum absolute atomic E-state index is 13.4. The summed E-state index contributed by atoms with van der Waals surface area (Å²) in [7, 11) is 0. The maximum atomic E-state index is 13.4. The molecule has 0 aliphatic rings. The highest BCUT2D eigenvalue weighted by molar-refractivity contribution is 6.04. The molecule has 0 spiro atoms. The second kappa shape index (κ2) is 9.30. The Morgan fingerprint density at radius 1 is 1.06 bits per heavy atom. The van der Waals surface area contributed by atoms with Crippen LogP contribution in [-0.2, 0) is 6.54 Å². The molecule has 1 N–H and O–H groups in total. The van der Waals surface area contributed by atoms with Crippen LogP contribution in [0.25, 0.3) is 11.4 Å². The molecule has 4 rings (SSSR count). The number of carbonyl (C=O) groups is 2. The summed E-state index contributed by atoms with van der Waals surface area (Å²) in [4.78, 5) is 38.3. The number of hydrogen-bond donors (Lipinski definition) is 1. The summed E-state index contributed by atoms with van der Waals surface area (Å²) in [6.07, 6.45) is 7.62.